The van der Waals surface area contributed by atoms with Crippen LogP contribution in [0.2, 0.25) is 0 Å². The van der Waals surface area contributed by atoms with Gasteiger partial charge in [0.05, 0.1) is 0 Å². The summed E-state index contributed by atoms with van der Waals surface area (Å²) in [6.45, 7) is 11.9. The van der Waals surface area contributed by atoms with Crippen LogP contribution in [0.3, 0.4) is 0 Å². The Hall–Kier alpha value is 0. The predicted molar refractivity (Wildman–Crippen MR) is 117 cm³/mol. The molecule has 1 atom stereocenters. The lowest BCUT2D eigenvalue weighted by atomic mass is 9.86. The molecule has 0 heterocycles. The topological polar surface area (TPSA) is 0 Å². The molecule has 0 saturated heterocycles. The maximum Gasteiger partial charge on any atom is -0.0383 e. The quantitative estimate of drug-likeness (QED) is 0.215. The van der Waals surface area contributed by atoms with Gasteiger partial charge in [-0.1, -0.05) is 144 Å². The molecule has 0 saturated carbocycles. The zero-order valence-electron chi connectivity index (χ0n) is 18.8. The molecule has 0 aliphatic rings. The lowest BCUT2D eigenvalue weighted by Crippen LogP contribution is -2.07. The fraction of sp³-hybridized carbons (Fsp3) is 1.00. The first-order chi connectivity index (χ1) is 12.0. The van der Waals surface area contributed by atoms with Gasteiger partial charge in [-0.2, -0.15) is 0 Å². The maximum absolute atomic E-state index is 2.45. The van der Waals surface area contributed by atoms with Gasteiger partial charge in [0.1, 0.15) is 0 Å². The van der Waals surface area contributed by atoms with E-state index in [4.69, 9.17) is 0 Å². The van der Waals surface area contributed by atoms with Crippen molar-refractivity contribution < 1.29 is 0 Å². The number of hydrogen-bond donors (Lipinski definition) is 0. The SMILES string of the molecule is CCCCCCCCCCCCCCCCCC(C)CCC(C)(C)C. The van der Waals surface area contributed by atoms with Crippen LogP contribution in [-0.2, 0) is 0 Å². The molecule has 1 unspecified atom stereocenters. The molecule has 0 radical (unpaired) electrons. The van der Waals surface area contributed by atoms with Crippen molar-refractivity contribution in [1.82, 2.24) is 0 Å². The van der Waals surface area contributed by atoms with Crippen LogP contribution in [0.4, 0.5) is 0 Å². The number of hydrogen-bond acceptors (Lipinski definition) is 0. The van der Waals surface area contributed by atoms with E-state index in [2.05, 4.69) is 34.6 Å². The van der Waals surface area contributed by atoms with Gasteiger partial charge in [-0.15, -0.1) is 0 Å². The molecule has 152 valence electrons. The molecular formula is C25H52. The molecule has 0 aliphatic carbocycles. The van der Waals surface area contributed by atoms with Crippen molar-refractivity contribution >= 4 is 0 Å². The molecule has 0 fully saturated rings. The minimum absolute atomic E-state index is 0.517. The van der Waals surface area contributed by atoms with Crippen molar-refractivity contribution in [3.63, 3.8) is 0 Å². The van der Waals surface area contributed by atoms with E-state index in [0.29, 0.717) is 5.41 Å². The van der Waals surface area contributed by atoms with Crippen LogP contribution in [0, 0.1) is 11.3 Å². The minimum atomic E-state index is 0.517. The predicted octanol–water partition coefficient (Wildman–Crippen LogP) is 9.71. The molecule has 0 aromatic heterocycles. The lowest BCUT2D eigenvalue weighted by molar-refractivity contribution is 0.319. The third kappa shape index (κ3) is 22.0. The van der Waals surface area contributed by atoms with E-state index in [-0.39, 0.29) is 0 Å². The van der Waals surface area contributed by atoms with Crippen molar-refractivity contribution in [1.29, 1.82) is 0 Å². The first-order valence-electron chi connectivity index (χ1n) is 12.0. The molecule has 25 heavy (non-hydrogen) atoms. The standard InChI is InChI=1S/C25H52/c1-6-7-8-9-10-11-12-13-14-15-16-17-18-19-20-21-24(2)22-23-25(3,4)5/h24H,6-23H2,1-5H3. The van der Waals surface area contributed by atoms with Crippen molar-refractivity contribution in [2.75, 3.05) is 0 Å². The van der Waals surface area contributed by atoms with E-state index in [1.807, 2.05) is 0 Å². The van der Waals surface area contributed by atoms with Gasteiger partial charge in [0.15, 0.2) is 0 Å². The molecule has 0 spiro atoms. The Morgan fingerprint density at radius 1 is 0.520 bits per heavy atom. The van der Waals surface area contributed by atoms with Crippen LogP contribution in [0.1, 0.15) is 150 Å². The van der Waals surface area contributed by atoms with Crippen molar-refractivity contribution in [2.24, 2.45) is 11.3 Å². The van der Waals surface area contributed by atoms with Crippen LogP contribution in [0.5, 0.6) is 0 Å². The Balaban J connectivity index is 3.14. The summed E-state index contributed by atoms with van der Waals surface area (Å²) < 4.78 is 0. The monoisotopic (exact) mass is 352 g/mol. The highest BCUT2D eigenvalue weighted by molar-refractivity contribution is 4.64. The molecule has 0 heteroatoms. The summed E-state index contributed by atoms with van der Waals surface area (Å²) in [7, 11) is 0. The largest absolute Gasteiger partial charge is 0.0654 e. The average molecular weight is 353 g/mol. The van der Waals surface area contributed by atoms with Gasteiger partial charge in [-0.3, -0.25) is 0 Å². The highest BCUT2D eigenvalue weighted by Crippen LogP contribution is 2.25. The molecule has 0 rings (SSSR count). The molecule has 0 aromatic rings. The highest BCUT2D eigenvalue weighted by Gasteiger charge is 2.12. The van der Waals surface area contributed by atoms with Crippen molar-refractivity contribution in [3.05, 3.63) is 0 Å². The number of rotatable bonds is 18. The molecule has 0 nitrogen and oxygen atoms in total. The third-order valence-corrected chi connectivity index (χ3v) is 5.69. The highest BCUT2D eigenvalue weighted by atomic mass is 14.2. The maximum atomic E-state index is 2.45. The first-order valence-corrected chi connectivity index (χ1v) is 12.0. The second kappa shape index (κ2) is 17.4. The molecule has 0 amide bonds. The van der Waals surface area contributed by atoms with Gasteiger partial charge in [0, 0.05) is 0 Å². The summed E-state index contributed by atoms with van der Waals surface area (Å²) in [6, 6.07) is 0. The van der Waals surface area contributed by atoms with Crippen LogP contribution < -0.4 is 0 Å². The normalized spacial score (nSPS) is 13.3. The van der Waals surface area contributed by atoms with Crippen LogP contribution in [0.25, 0.3) is 0 Å². The number of unbranched alkanes of at least 4 members (excludes halogenated alkanes) is 14. The molecule has 0 aromatic carbocycles. The van der Waals surface area contributed by atoms with Crippen LogP contribution in [-0.4, -0.2) is 0 Å². The summed E-state index contributed by atoms with van der Waals surface area (Å²) in [5, 5.41) is 0. The van der Waals surface area contributed by atoms with Crippen molar-refractivity contribution in [3.8, 4) is 0 Å². The molecule has 0 aliphatic heterocycles. The fourth-order valence-electron chi connectivity index (χ4n) is 3.69. The second-order valence-corrected chi connectivity index (χ2v) is 9.94. The van der Waals surface area contributed by atoms with Gasteiger partial charge in [-0.05, 0) is 17.8 Å². The molecule has 0 N–H and O–H groups in total. The van der Waals surface area contributed by atoms with Gasteiger partial charge in [0.2, 0.25) is 0 Å². The third-order valence-electron chi connectivity index (χ3n) is 5.69. The summed E-state index contributed by atoms with van der Waals surface area (Å²) in [6.07, 6.45) is 26.3. The summed E-state index contributed by atoms with van der Waals surface area (Å²) in [4.78, 5) is 0. The van der Waals surface area contributed by atoms with Crippen LogP contribution in [0.15, 0.2) is 0 Å². The fourth-order valence-corrected chi connectivity index (χ4v) is 3.69. The van der Waals surface area contributed by atoms with Gasteiger partial charge < -0.3 is 0 Å². The van der Waals surface area contributed by atoms with Crippen molar-refractivity contribution in [2.45, 2.75) is 150 Å². The smallest absolute Gasteiger partial charge is 0.0383 e. The summed E-state index contributed by atoms with van der Waals surface area (Å²) in [5.41, 5.74) is 0.517. The van der Waals surface area contributed by atoms with Crippen LogP contribution >= 0.6 is 0 Å². The summed E-state index contributed by atoms with van der Waals surface area (Å²) >= 11 is 0. The summed E-state index contributed by atoms with van der Waals surface area (Å²) in [5.74, 6) is 0.932. The van der Waals surface area contributed by atoms with Gasteiger partial charge >= 0.3 is 0 Å². The zero-order chi connectivity index (χ0) is 18.8. The van der Waals surface area contributed by atoms with E-state index in [1.165, 1.54) is 116 Å². The Kier molecular flexibility index (Phi) is 17.4. The first kappa shape index (κ1) is 25.0. The van der Waals surface area contributed by atoms with Gasteiger partial charge in [-0.25, -0.2) is 0 Å². The Bertz CT molecular complexity index is 247. The minimum Gasteiger partial charge on any atom is -0.0654 e. The Morgan fingerprint density at radius 2 is 0.880 bits per heavy atom. The van der Waals surface area contributed by atoms with E-state index >= 15 is 0 Å². The lowest BCUT2D eigenvalue weighted by Gasteiger charge is -2.20. The van der Waals surface area contributed by atoms with E-state index in [1.54, 1.807) is 0 Å². The van der Waals surface area contributed by atoms with Gasteiger partial charge in [0.25, 0.3) is 0 Å². The van der Waals surface area contributed by atoms with E-state index < -0.39 is 0 Å². The Labute approximate surface area is 161 Å². The van der Waals surface area contributed by atoms with E-state index in [9.17, 15) is 0 Å². The Morgan fingerprint density at radius 3 is 1.24 bits per heavy atom. The zero-order valence-corrected chi connectivity index (χ0v) is 18.8. The van der Waals surface area contributed by atoms with E-state index in [0.717, 1.165) is 5.92 Å². The average Bonchev–Trinajstić information content (AvgIpc) is 2.56. The molecule has 0 bridgehead atoms. The second-order valence-electron chi connectivity index (χ2n) is 9.94. The molecular weight excluding hydrogens is 300 g/mol.